The fraction of sp³-hybridized carbons (Fsp3) is 0.440. The van der Waals surface area contributed by atoms with E-state index in [0.29, 0.717) is 52.0 Å². The van der Waals surface area contributed by atoms with Crippen LogP contribution in [0.5, 0.6) is 5.75 Å². The van der Waals surface area contributed by atoms with Crippen LogP contribution in [0.25, 0.3) is 0 Å². The van der Waals surface area contributed by atoms with Gasteiger partial charge in [-0.1, -0.05) is 35.9 Å². The van der Waals surface area contributed by atoms with Gasteiger partial charge in [-0.2, -0.15) is 4.31 Å². The van der Waals surface area contributed by atoms with E-state index in [9.17, 15) is 18.0 Å². The van der Waals surface area contributed by atoms with Gasteiger partial charge < -0.3 is 14.4 Å². The second-order valence-electron chi connectivity index (χ2n) is 8.65. The van der Waals surface area contributed by atoms with Crippen LogP contribution >= 0.6 is 11.6 Å². The molecule has 2 aliphatic heterocycles. The maximum atomic E-state index is 13.2. The average Bonchev–Trinajstić information content (AvgIpc) is 2.87. The predicted molar refractivity (Wildman–Crippen MR) is 131 cm³/mol. The molecule has 4 rings (SSSR count). The lowest BCUT2D eigenvalue weighted by Gasteiger charge is -2.30. The standard InChI is InChI=1S/C25H29ClN2O6S/c1-2-33-25(30)19-9-12-27(13-10-19)24(29)17-34-23-8-7-21(15-22(23)26)35(31,32)28-14-11-18-5-3-4-6-20(18)16-28/h3-8,15,19H,2,9-14,16-17H2,1H3. The van der Waals surface area contributed by atoms with Crippen LogP contribution in [0.4, 0.5) is 0 Å². The Kier molecular flexibility index (Phi) is 7.98. The minimum atomic E-state index is -3.73. The number of hydrogen-bond donors (Lipinski definition) is 0. The highest BCUT2D eigenvalue weighted by Crippen LogP contribution is 2.31. The summed E-state index contributed by atoms with van der Waals surface area (Å²) in [6.45, 7) is 3.52. The Hall–Kier alpha value is -2.62. The summed E-state index contributed by atoms with van der Waals surface area (Å²) in [5, 5.41) is 0.123. The summed E-state index contributed by atoms with van der Waals surface area (Å²) in [6, 6.07) is 12.1. The second-order valence-corrected chi connectivity index (χ2v) is 11.0. The zero-order chi connectivity index (χ0) is 25.0. The molecule has 1 saturated heterocycles. The molecule has 0 atom stereocenters. The molecule has 0 radical (unpaired) electrons. The van der Waals surface area contributed by atoms with Gasteiger partial charge >= 0.3 is 5.97 Å². The fourth-order valence-electron chi connectivity index (χ4n) is 4.44. The first-order valence-electron chi connectivity index (χ1n) is 11.7. The Balaban J connectivity index is 1.34. The van der Waals surface area contributed by atoms with E-state index in [1.165, 1.54) is 22.5 Å². The number of hydrogen-bond acceptors (Lipinski definition) is 6. The minimum absolute atomic E-state index is 0.0848. The molecule has 2 aliphatic rings. The highest BCUT2D eigenvalue weighted by Gasteiger charge is 2.30. The van der Waals surface area contributed by atoms with Gasteiger partial charge in [0.25, 0.3) is 5.91 Å². The quantitative estimate of drug-likeness (QED) is 0.520. The number of likely N-dealkylation sites (tertiary alicyclic amines) is 1. The molecule has 0 unspecified atom stereocenters. The molecule has 1 fully saturated rings. The van der Waals surface area contributed by atoms with E-state index < -0.39 is 10.0 Å². The Bertz CT molecular complexity index is 1190. The van der Waals surface area contributed by atoms with Crippen molar-refractivity contribution >= 4 is 33.5 Å². The van der Waals surface area contributed by atoms with Gasteiger partial charge in [-0.15, -0.1) is 0 Å². The first-order valence-corrected chi connectivity index (χ1v) is 13.5. The smallest absolute Gasteiger partial charge is 0.309 e. The summed E-state index contributed by atoms with van der Waals surface area (Å²) in [7, 11) is -3.73. The number of rotatable bonds is 7. The van der Waals surface area contributed by atoms with E-state index in [2.05, 4.69) is 0 Å². The molecule has 2 heterocycles. The zero-order valence-electron chi connectivity index (χ0n) is 19.6. The van der Waals surface area contributed by atoms with Crippen LogP contribution in [0, 0.1) is 5.92 Å². The topological polar surface area (TPSA) is 93.2 Å². The molecule has 0 aliphatic carbocycles. The van der Waals surface area contributed by atoms with Gasteiger partial charge in [-0.05, 0) is 55.5 Å². The molecule has 35 heavy (non-hydrogen) atoms. The highest BCUT2D eigenvalue weighted by atomic mass is 35.5. The van der Waals surface area contributed by atoms with E-state index in [1.807, 2.05) is 24.3 Å². The Morgan fingerprint density at radius 3 is 2.46 bits per heavy atom. The van der Waals surface area contributed by atoms with Crippen molar-refractivity contribution in [1.82, 2.24) is 9.21 Å². The number of carbonyl (C=O) groups excluding carboxylic acids is 2. The van der Waals surface area contributed by atoms with E-state index in [-0.39, 0.29) is 40.1 Å². The molecule has 0 N–H and O–H groups in total. The molecule has 188 valence electrons. The van der Waals surface area contributed by atoms with Gasteiger partial charge in [0.2, 0.25) is 10.0 Å². The van der Waals surface area contributed by atoms with Gasteiger partial charge in [-0.25, -0.2) is 8.42 Å². The number of amides is 1. The van der Waals surface area contributed by atoms with Gasteiger partial charge in [0.1, 0.15) is 5.75 Å². The summed E-state index contributed by atoms with van der Waals surface area (Å²) in [5.41, 5.74) is 2.16. The lowest BCUT2D eigenvalue weighted by molar-refractivity contribution is -0.151. The molecule has 0 saturated carbocycles. The van der Waals surface area contributed by atoms with Crippen LogP contribution in [-0.2, 0) is 37.3 Å². The molecule has 1 amide bonds. The van der Waals surface area contributed by atoms with Crippen molar-refractivity contribution < 1.29 is 27.5 Å². The number of piperidine rings is 1. The fourth-order valence-corrected chi connectivity index (χ4v) is 6.18. The zero-order valence-corrected chi connectivity index (χ0v) is 21.2. The number of benzene rings is 2. The van der Waals surface area contributed by atoms with Gasteiger partial charge in [-0.3, -0.25) is 9.59 Å². The van der Waals surface area contributed by atoms with E-state index in [0.717, 1.165) is 11.1 Å². The lowest BCUT2D eigenvalue weighted by Crippen LogP contribution is -2.42. The molecule has 0 spiro atoms. The molecule has 0 aromatic heterocycles. The number of fused-ring (bicyclic) bond motifs is 1. The SMILES string of the molecule is CCOC(=O)C1CCN(C(=O)COc2ccc(S(=O)(=O)N3CCc4ccccc4C3)cc2Cl)CC1. The highest BCUT2D eigenvalue weighted by molar-refractivity contribution is 7.89. The normalized spacial score (nSPS) is 17.0. The number of ether oxygens (including phenoxy) is 2. The second kappa shape index (κ2) is 11.0. The summed E-state index contributed by atoms with van der Waals surface area (Å²) >= 11 is 6.32. The van der Waals surface area contributed by atoms with Crippen molar-refractivity contribution in [1.29, 1.82) is 0 Å². The third kappa shape index (κ3) is 5.79. The number of carbonyl (C=O) groups is 2. The van der Waals surface area contributed by atoms with Gasteiger partial charge in [0, 0.05) is 26.2 Å². The van der Waals surface area contributed by atoms with Crippen molar-refractivity contribution in [2.45, 2.75) is 37.6 Å². The van der Waals surface area contributed by atoms with Crippen molar-refractivity contribution in [3.8, 4) is 5.75 Å². The third-order valence-electron chi connectivity index (χ3n) is 6.46. The molecule has 2 aromatic rings. The number of sulfonamides is 1. The van der Waals surface area contributed by atoms with Crippen LogP contribution < -0.4 is 4.74 Å². The van der Waals surface area contributed by atoms with Gasteiger partial charge in [0.05, 0.1) is 22.4 Å². The van der Waals surface area contributed by atoms with Crippen LogP contribution in [0.2, 0.25) is 5.02 Å². The molecular formula is C25H29ClN2O6S. The minimum Gasteiger partial charge on any atom is -0.482 e. The number of halogens is 1. The molecule has 2 aromatic carbocycles. The molecule has 10 heteroatoms. The van der Waals surface area contributed by atoms with Crippen LogP contribution in [0.1, 0.15) is 30.9 Å². The van der Waals surface area contributed by atoms with Gasteiger partial charge in [0.15, 0.2) is 6.61 Å². The monoisotopic (exact) mass is 520 g/mol. The first kappa shape index (κ1) is 25.5. The first-order chi connectivity index (χ1) is 16.8. The van der Waals surface area contributed by atoms with E-state index >= 15 is 0 Å². The van der Waals surface area contributed by atoms with Crippen LogP contribution in [-0.4, -0.2) is 62.3 Å². The van der Waals surface area contributed by atoms with E-state index in [4.69, 9.17) is 21.1 Å². The van der Waals surface area contributed by atoms with Crippen molar-refractivity contribution in [2.24, 2.45) is 5.92 Å². The summed E-state index contributed by atoms with van der Waals surface area (Å²) in [5.74, 6) is -0.375. The summed E-state index contributed by atoms with van der Waals surface area (Å²) in [6.07, 6.45) is 1.77. The molecule has 0 bridgehead atoms. The maximum absolute atomic E-state index is 13.2. The molecular weight excluding hydrogens is 492 g/mol. The van der Waals surface area contributed by atoms with Crippen molar-refractivity contribution in [2.75, 3.05) is 32.8 Å². The maximum Gasteiger partial charge on any atom is 0.309 e. The number of esters is 1. The van der Waals surface area contributed by atoms with Crippen LogP contribution in [0.3, 0.4) is 0 Å². The Morgan fingerprint density at radius 2 is 1.77 bits per heavy atom. The Morgan fingerprint density at radius 1 is 1.06 bits per heavy atom. The number of nitrogens with zero attached hydrogens (tertiary/aromatic N) is 2. The average molecular weight is 521 g/mol. The summed E-state index contributed by atoms with van der Waals surface area (Å²) in [4.78, 5) is 26.2. The predicted octanol–water partition coefficient (Wildman–Crippen LogP) is 3.27. The summed E-state index contributed by atoms with van der Waals surface area (Å²) < 4.78 is 38.5. The van der Waals surface area contributed by atoms with E-state index in [1.54, 1.807) is 11.8 Å². The third-order valence-corrected chi connectivity index (χ3v) is 8.59. The lowest BCUT2D eigenvalue weighted by atomic mass is 9.97. The van der Waals surface area contributed by atoms with Crippen molar-refractivity contribution in [3.05, 3.63) is 58.6 Å². The van der Waals surface area contributed by atoms with Crippen LogP contribution in [0.15, 0.2) is 47.4 Å². The largest absolute Gasteiger partial charge is 0.482 e. The van der Waals surface area contributed by atoms with Crippen molar-refractivity contribution in [3.63, 3.8) is 0 Å². The molecule has 8 nitrogen and oxygen atoms in total. The Labute approximate surface area is 210 Å².